The zero-order chi connectivity index (χ0) is 9.94. The molecule has 0 atom stereocenters. The molecule has 0 aromatic rings. The number of carbonyl (C=O) groups is 1. The van der Waals surface area contributed by atoms with Gasteiger partial charge in [0.15, 0.2) is 0 Å². The normalized spacial score (nSPS) is 9.50. The summed E-state index contributed by atoms with van der Waals surface area (Å²) in [5.41, 5.74) is 0. The number of carboxylic acids is 1. The third-order valence-electron chi connectivity index (χ3n) is 2.23. The Morgan fingerprint density at radius 1 is 0.929 bits per heavy atom. The topological polar surface area (TPSA) is 40.1 Å². The molecule has 0 heterocycles. The van der Waals surface area contributed by atoms with Gasteiger partial charge in [-0.25, -0.2) is 0 Å². The minimum atomic E-state index is -0.911. The summed E-state index contributed by atoms with van der Waals surface area (Å²) < 4.78 is 0. The number of hydrogen-bond acceptors (Lipinski definition) is 2. The standard InChI is InChI=1S/C11H22O2.K/c1-2-3-4-5-6-7-8-9-10-11(12)13;/h2-10H2,1H3,(H,12,13);/q;+1/p-1. The maximum atomic E-state index is 10.1. The molecule has 2 nitrogen and oxygen atoms in total. The summed E-state index contributed by atoms with van der Waals surface area (Å²) in [6, 6.07) is 0. The van der Waals surface area contributed by atoms with Crippen LogP contribution in [-0.2, 0) is 4.79 Å². The van der Waals surface area contributed by atoms with Crippen molar-refractivity contribution in [3.63, 3.8) is 0 Å². The average Bonchev–Trinajstić information content (AvgIpc) is 2.09. The predicted octanol–water partition coefficient (Wildman–Crippen LogP) is -0.729. The Labute approximate surface area is 130 Å². The Bertz CT molecular complexity index is 126. The van der Waals surface area contributed by atoms with E-state index in [0.717, 1.165) is 12.8 Å². The second-order valence-corrected chi connectivity index (χ2v) is 3.60. The van der Waals surface area contributed by atoms with Crippen molar-refractivity contribution < 1.29 is 61.3 Å². The molecule has 0 aliphatic heterocycles. The van der Waals surface area contributed by atoms with Crippen LogP contribution in [0.4, 0.5) is 0 Å². The first kappa shape index (κ1) is 17.5. The quantitative estimate of drug-likeness (QED) is 0.383. The predicted molar refractivity (Wildman–Crippen MR) is 52.2 cm³/mol. The van der Waals surface area contributed by atoms with E-state index in [1.807, 2.05) is 0 Å². The van der Waals surface area contributed by atoms with Crippen LogP contribution in [-0.4, -0.2) is 5.97 Å². The van der Waals surface area contributed by atoms with Gasteiger partial charge in [-0.05, 0) is 12.8 Å². The second kappa shape index (κ2) is 14.1. The first-order valence-electron chi connectivity index (χ1n) is 5.47. The largest absolute Gasteiger partial charge is 1.00 e. The summed E-state index contributed by atoms with van der Waals surface area (Å²) in [4.78, 5) is 10.1. The fourth-order valence-corrected chi connectivity index (χ4v) is 1.40. The average molecular weight is 224 g/mol. The SMILES string of the molecule is CCCCCCCCCCC(=O)[O-].[K+]. The summed E-state index contributed by atoms with van der Waals surface area (Å²) in [6.07, 6.45) is 9.75. The molecule has 0 rings (SSSR count). The van der Waals surface area contributed by atoms with Gasteiger partial charge in [-0.15, -0.1) is 0 Å². The third-order valence-corrected chi connectivity index (χ3v) is 2.23. The molecule has 0 aromatic heterocycles. The van der Waals surface area contributed by atoms with E-state index in [0.29, 0.717) is 0 Å². The molecule has 0 saturated carbocycles. The monoisotopic (exact) mass is 224 g/mol. The van der Waals surface area contributed by atoms with Crippen LogP contribution in [0.5, 0.6) is 0 Å². The summed E-state index contributed by atoms with van der Waals surface area (Å²) in [5, 5.41) is 10.1. The number of rotatable bonds is 9. The molecule has 3 heteroatoms. The minimum Gasteiger partial charge on any atom is -0.550 e. The number of aliphatic carboxylic acids is 1. The van der Waals surface area contributed by atoms with Crippen molar-refractivity contribution in [2.75, 3.05) is 0 Å². The molecule has 0 aliphatic carbocycles. The molecular formula is C11H21KO2. The molecule has 0 amide bonds. The van der Waals surface area contributed by atoms with Crippen molar-refractivity contribution in [1.29, 1.82) is 0 Å². The van der Waals surface area contributed by atoms with Crippen LogP contribution in [0.25, 0.3) is 0 Å². The summed E-state index contributed by atoms with van der Waals surface area (Å²) in [5.74, 6) is -0.911. The van der Waals surface area contributed by atoms with Gasteiger partial charge in [-0.3, -0.25) is 0 Å². The number of carbonyl (C=O) groups excluding carboxylic acids is 1. The van der Waals surface area contributed by atoms with Crippen LogP contribution < -0.4 is 56.5 Å². The van der Waals surface area contributed by atoms with E-state index in [2.05, 4.69) is 6.92 Å². The Balaban J connectivity index is 0. The molecule has 0 unspecified atom stereocenters. The molecule has 78 valence electrons. The Kier molecular flexibility index (Phi) is 17.6. The van der Waals surface area contributed by atoms with E-state index >= 15 is 0 Å². The van der Waals surface area contributed by atoms with E-state index in [1.165, 1.54) is 38.5 Å². The fourth-order valence-electron chi connectivity index (χ4n) is 1.40. The van der Waals surface area contributed by atoms with E-state index in [-0.39, 0.29) is 57.8 Å². The van der Waals surface area contributed by atoms with Crippen LogP contribution in [0.1, 0.15) is 64.7 Å². The van der Waals surface area contributed by atoms with E-state index in [9.17, 15) is 9.90 Å². The van der Waals surface area contributed by atoms with Gasteiger partial charge in [-0.1, -0.05) is 51.9 Å². The van der Waals surface area contributed by atoms with Crippen LogP contribution in [0.2, 0.25) is 0 Å². The zero-order valence-corrected chi connectivity index (χ0v) is 12.8. The van der Waals surface area contributed by atoms with Crippen LogP contribution in [0, 0.1) is 0 Å². The molecule has 0 aromatic carbocycles. The van der Waals surface area contributed by atoms with Crippen LogP contribution in [0.15, 0.2) is 0 Å². The van der Waals surface area contributed by atoms with Crippen molar-refractivity contribution in [2.24, 2.45) is 0 Å². The number of carboxylic acid groups (broad SMARTS) is 1. The maximum absolute atomic E-state index is 10.1. The summed E-state index contributed by atoms with van der Waals surface area (Å²) in [7, 11) is 0. The van der Waals surface area contributed by atoms with Gasteiger partial charge in [0, 0.05) is 5.97 Å². The Morgan fingerprint density at radius 2 is 1.36 bits per heavy atom. The summed E-state index contributed by atoms with van der Waals surface area (Å²) >= 11 is 0. The van der Waals surface area contributed by atoms with Crippen LogP contribution in [0.3, 0.4) is 0 Å². The molecule has 0 N–H and O–H groups in total. The molecule has 0 spiro atoms. The van der Waals surface area contributed by atoms with Gasteiger partial charge in [-0.2, -0.15) is 0 Å². The first-order chi connectivity index (χ1) is 6.27. The molecule has 0 saturated heterocycles. The zero-order valence-electron chi connectivity index (χ0n) is 9.68. The Morgan fingerprint density at radius 3 is 1.79 bits per heavy atom. The van der Waals surface area contributed by atoms with Crippen molar-refractivity contribution in [3.8, 4) is 0 Å². The third kappa shape index (κ3) is 15.6. The fraction of sp³-hybridized carbons (Fsp3) is 0.909. The Hall–Kier alpha value is 1.11. The van der Waals surface area contributed by atoms with E-state index in [1.54, 1.807) is 0 Å². The molecule has 0 radical (unpaired) electrons. The van der Waals surface area contributed by atoms with Crippen molar-refractivity contribution >= 4 is 5.97 Å². The summed E-state index contributed by atoms with van der Waals surface area (Å²) in [6.45, 7) is 2.21. The molecule has 0 bridgehead atoms. The smallest absolute Gasteiger partial charge is 0.550 e. The van der Waals surface area contributed by atoms with Gasteiger partial charge in [0.05, 0.1) is 0 Å². The van der Waals surface area contributed by atoms with Gasteiger partial charge in [0.2, 0.25) is 0 Å². The molecule has 0 aliphatic rings. The molecular weight excluding hydrogens is 203 g/mol. The molecule has 14 heavy (non-hydrogen) atoms. The van der Waals surface area contributed by atoms with Crippen LogP contribution >= 0.6 is 0 Å². The van der Waals surface area contributed by atoms with E-state index in [4.69, 9.17) is 0 Å². The van der Waals surface area contributed by atoms with Gasteiger partial charge >= 0.3 is 51.4 Å². The maximum Gasteiger partial charge on any atom is 1.00 e. The number of hydrogen-bond donors (Lipinski definition) is 0. The van der Waals surface area contributed by atoms with Crippen molar-refractivity contribution in [1.82, 2.24) is 0 Å². The van der Waals surface area contributed by atoms with E-state index < -0.39 is 5.97 Å². The van der Waals surface area contributed by atoms with Crippen molar-refractivity contribution in [2.45, 2.75) is 64.7 Å². The molecule has 0 fully saturated rings. The van der Waals surface area contributed by atoms with Gasteiger partial charge < -0.3 is 9.90 Å². The van der Waals surface area contributed by atoms with Gasteiger partial charge in [0.1, 0.15) is 0 Å². The van der Waals surface area contributed by atoms with Gasteiger partial charge in [0.25, 0.3) is 0 Å². The second-order valence-electron chi connectivity index (χ2n) is 3.60. The minimum absolute atomic E-state index is 0. The van der Waals surface area contributed by atoms with Crippen molar-refractivity contribution in [3.05, 3.63) is 0 Å². The number of unbranched alkanes of at least 4 members (excludes halogenated alkanes) is 7. The first-order valence-corrected chi connectivity index (χ1v) is 5.47.